The summed E-state index contributed by atoms with van der Waals surface area (Å²) in [5, 5.41) is 16.2. The largest absolute Gasteiger partial charge is 0.357 e. The number of benzene rings is 1. The molecular formula is C19H21N7. The van der Waals surface area contributed by atoms with Crippen LogP contribution in [0, 0.1) is 0 Å². The normalized spacial score (nSPS) is 12.0. The minimum Gasteiger partial charge on any atom is -0.357 e. The lowest BCUT2D eigenvalue weighted by molar-refractivity contribution is 0.764. The van der Waals surface area contributed by atoms with Crippen molar-refractivity contribution in [2.75, 3.05) is 6.54 Å². The van der Waals surface area contributed by atoms with Gasteiger partial charge in [0.05, 0.1) is 13.1 Å². The van der Waals surface area contributed by atoms with E-state index in [0.29, 0.717) is 13.1 Å². The molecule has 0 saturated heterocycles. The third-order valence-electron chi connectivity index (χ3n) is 4.14. The Balaban J connectivity index is 1.47. The van der Waals surface area contributed by atoms with Crippen LogP contribution in [0.25, 0.3) is 16.6 Å². The molecule has 0 radical (unpaired) electrons. The summed E-state index contributed by atoms with van der Waals surface area (Å²) in [5.41, 5.74) is 3.05. The lowest BCUT2D eigenvalue weighted by Gasteiger charge is -2.10. The average Bonchev–Trinajstić information content (AvgIpc) is 3.27. The molecule has 3 N–H and O–H groups in total. The second-order valence-corrected chi connectivity index (χ2v) is 5.98. The fraction of sp³-hybridized carbons (Fsp3) is 0.211. The zero-order valence-corrected chi connectivity index (χ0v) is 14.6. The lowest BCUT2D eigenvalue weighted by atomic mass is 10.2. The highest BCUT2D eigenvalue weighted by molar-refractivity contribution is 5.81. The van der Waals surface area contributed by atoms with Gasteiger partial charge in [-0.05, 0) is 36.6 Å². The van der Waals surface area contributed by atoms with Crippen LogP contribution < -0.4 is 10.6 Å². The Labute approximate surface area is 151 Å². The van der Waals surface area contributed by atoms with Gasteiger partial charge in [0.2, 0.25) is 0 Å². The van der Waals surface area contributed by atoms with E-state index in [1.807, 2.05) is 47.9 Å². The minimum atomic E-state index is 0.545. The van der Waals surface area contributed by atoms with E-state index in [-0.39, 0.29) is 0 Å². The highest BCUT2D eigenvalue weighted by Crippen LogP contribution is 2.15. The molecule has 132 valence electrons. The Hall–Kier alpha value is -3.35. The maximum Gasteiger partial charge on any atom is 0.192 e. The number of aliphatic imine (C=N–C) groups is 1. The third-order valence-corrected chi connectivity index (χ3v) is 4.14. The summed E-state index contributed by atoms with van der Waals surface area (Å²) in [7, 11) is 0. The smallest absolute Gasteiger partial charge is 0.192 e. The van der Waals surface area contributed by atoms with Crippen LogP contribution in [0.2, 0.25) is 0 Å². The summed E-state index contributed by atoms with van der Waals surface area (Å²) in [6, 6.07) is 16.2. The molecule has 3 aromatic heterocycles. The molecule has 0 aliphatic heterocycles. The average molecular weight is 347 g/mol. The second kappa shape index (κ2) is 7.26. The van der Waals surface area contributed by atoms with Crippen molar-refractivity contribution in [2.24, 2.45) is 4.99 Å². The van der Waals surface area contributed by atoms with Crippen molar-refractivity contribution in [2.45, 2.75) is 20.0 Å². The number of fused-ring (bicyclic) bond motifs is 2. The van der Waals surface area contributed by atoms with Gasteiger partial charge in [-0.15, -0.1) is 10.2 Å². The lowest BCUT2D eigenvalue weighted by Crippen LogP contribution is -2.37. The maximum absolute atomic E-state index is 4.66. The van der Waals surface area contributed by atoms with E-state index < -0.39 is 0 Å². The summed E-state index contributed by atoms with van der Waals surface area (Å²) in [6.07, 6.45) is 1.96. The Morgan fingerprint density at radius 2 is 2.00 bits per heavy atom. The number of hydrogen-bond donors (Lipinski definition) is 3. The molecule has 4 aromatic rings. The number of nitrogens with one attached hydrogen (secondary N) is 3. The summed E-state index contributed by atoms with van der Waals surface area (Å²) < 4.78 is 1.97. The number of rotatable bonds is 5. The SMILES string of the molecule is CCNC(=NCc1cc2ccccc2[nH]1)NCc1nnc2ccccn12. The fourth-order valence-corrected chi connectivity index (χ4v) is 2.90. The van der Waals surface area contributed by atoms with Crippen molar-refractivity contribution in [3.8, 4) is 0 Å². The van der Waals surface area contributed by atoms with Crippen molar-refractivity contribution in [3.05, 3.63) is 66.2 Å². The Morgan fingerprint density at radius 3 is 2.88 bits per heavy atom. The quantitative estimate of drug-likeness (QED) is 0.383. The molecule has 0 fully saturated rings. The van der Waals surface area contributed by atoms with E-state index in [0.717, 1.165) is 35.2 Å². The van der Waals surface area contributed by atoms with Crippen molar-refractivity contribution < 1.29 is 0 Å². The van der Waals surface area contributed by atoms with E-state index in [1.54, 1.807) is 0 Å². The molecule has 4 rings (SSSR count). The van der Waals surface area contributed by atoms with Crippen LogP contribution in [0.1, 0.15) is 18.4 Å². The van der Waals surface area contributed by atoms with Crippen molar-refractivity contribution in [1.29, 1.82) is 0 Å². The molecule has 0 aliphatic rings. The molecule has 0 spiro atoms. The van der Waals surface area contributed by atoms with Gasteiger partial charge in [0, 0.05) is 24.0 Å². The Kier molecular flexibility index (Phi) is 4.51. The molecule has 26 heavy (non-hydrogen) atoms. The monoisotopic (exact) mass is 347 g/mol. The third kappa shape index (κ3) is 3.37. The van der Waals surface area contributed by atoms with Gasteiger partial charge in [-0.1, -0.05) is 24.3 Å². The van der Waals surface area contributed by atoms with Crippen LogP contribution in [0.5, 0.6) is 0 Å². The van der Waals surface area contributed by atoms with Crippen LogP contribution >= 0.6 is 0 Å². The van der Waals surface area contributed by atoms with Crippen molar-refractivity contribution in [1.82, 2.24) is 30.2 Å². The minimum absolute atomic E-state index is 0.545. The molecule has 7 heteroatoms. The topological polar surface area (TPSA) is 82.4 Å². The van der Waals surface area contributed by atoms with Crippen LogP contribution in [-0.4, -0.2) is 32.1 Å². The first kappa shape index (κ1) is 16.1. The first-order valence-corrected chi connectivity index (χ1v) is 8.71. The number of hydrogen-bond acceptors (Lipinski definition) is 3. The molecule has 0 saturated carbocycles. The number of guanidine groups is 1. The summed E-state index contributed by atoms with van der Waals surface area (Å²) in [6.45, 7) is 3.96. The molecule has 0 unspecified atom stereocenters. The molecule has 0 aliphatic carbocycles. The van der Waals surface area contributed by atoms with Gasteiger partial charge in [-0.25, -0.2) is 4.99 Å². The Morgan fingerprint density at radius 1 is 1.12 bits per heavy atom. The summed E-state index contributed by atoms with van der Waals surface area (Å²) in [5.74, 6) is 1.59. The predicted octanol–water partition coefficient (Wildman–Crippen LogP) is 2.47. The van der Waals surface area contributed by atoms with Gasteiger partial charge >= 0.3 is 0 Å². The molecule has 7 nitrogen and oxygen atoms in total. The number of aromatic nitrogens is 4. The number of H-pyrrole nitrogens is 1. The van der Waals surface area contributed by atoms with Gasteiger partial charge in [-0.3, -0.25) is 4.40 Å². The molecule has 0 atom stereocenters. The van der Waals surface area contributed by atoms with E-state index >= 15 is 0 Å². The number of nitrogens with zero attached hydrogens (tertiary/aromatic N) is 4. The highest BCUT2D eigenvalue weighted by atomic mass is 15.3. The van der Waals surface area contributed by atoms with E-state index in [2.05, 4.69) is 49.0 Å². The van der Waals surface area contributed by atoms with Gasteiger partial charge < -0.3 is 15.6 Å². The van der Waals surface area contributed by atoms with E-state index in [1.165, 1.54) is 5.39 Å². The molecule has 0 bridgehead atoms. The van der Waals surface area contributed by atoms with Gasteiger partial charge in [0.25, 0.3) is 0 Å². The van der Waals surface area contributed by atoms with Crippen LogP contribution in [0.3, 0.4) is 0 Å². The molecule has 1 aromatic carbocycles. The Bertz CT molecular complexity index is 1010. The number of aromatic amines is 1. The summed E-state index contributed by atoms with van der Waals surface area (Å²) in [4.78, 5) is 8.06. The maximum atomic E-state index is 4.66. The first-order chi connectivity index (χ1) is 12.8. The van der Waals surface area contributed by atoms with Crippen LogP contribution in [-0.2, 0) is 13.1 Å². The molecule has 0 amide bonds. The van der Waals surface area contributed by atoms with Gasteiger partial charge in [0.15, 0.2) is 17.4 Å². The molecule has 3 heterocycles. The standard InChI is InChI=1S/C19H21N7/c1-2-20-19(21-12-15-11-14-7-3-4-8-16(14)23-15)22-13-18-25-24-17-9-5-6-10-26(17)18/h3-11,23H,2,12-13H2,1H3,(H2,20,21,22). The fourth-order valence-electron chi connectivity index (χ4n) is 2.90. The second-order valence-electron chi connectivity index (χ2n) is 5.98. The van der Waals surface area contributed by atoms with Crippen LogP contribution in [0.4, 0.5) is 0 Å². The number of para-hydroxylation sites is 1. The van der Waals surface area contributed by atoms with Crippen molar-refractivity contribution in [3.63, 3.8) is 0 Å². The van der Waals surface area contributed by atoms with E-state index in [4.69, 9.17) is 0 Å². The van der Waals surface area contributed by atoms with Gasteiger partial charge in [-0.2, -0.15) is 0 Å². The predicted molar refractivity (Wildman–Crippen MR) is 103 cm³/mol. The first-order valence-electron chi connectivity index (χ1n) is 8.71. The van der Waals surface area contributed by atoms with E-state index in [9.17, 15) is 0 Å². The number of pyridine rings is 1. The zero-order chi connectivity index (χ0) is 17.8. The zero-order valence-electron chi connectivity index (χ0n) is 14.6. The van der Waals surface area contributed by atoms with Crippen molar-refractivity contribution >= 4 is 22.5 Å². The summed E-state index contributed by atoms with van der Waals surface area (Å²) >= 11 is 0. The highest BCUT2D eigenvalue weighted by Gasteiger charge is 2.06. The van der Waals surface area contributed by atoms with Gasteiger partial charge in [0.1, 0.15) is 0 Å². The van der Waals surface area contributed by atoms with Crippen LogP contribution in [0.15, 0.2) is 59.7 Å². The molecular weight excluding hydrogens is 326 g/mol.